The lowest BCUT2D eigenvalue weighted by molar-refractivity contribution is 1.08. The molecule has 0 aromatic carbocycles. The maximum Gasteiger partial charge on any atom is 0.142 e. The van der Waals surface area contributed by atoms with E-state index in [-0.39, 0.29) is 0 Å². The third-order valence-corrected chi connectivity index (χ3v) is 2.07. The van der Waals surface area contributed by atoms with E-state index in [4.69, 9.17) is 11.6 Å². The summed E-state index contributed by atoms with van der Waals surface area (Å²) in [6, 6.07) is 0. The van der Waals surface area contributed by atoms with Crippen molar-refractivity contribution in [3.8, 4) is 0 Å². The lowest BCUT2D eigenvalue weighted by Crippen LogP contribution is -1.88. The third kappa shape index (κ3) is 0.975. The summed E-state index contributed by atoms with van der Waals surface area (Å²) in [5, 5.41) is 1.44. The van der Waals surface area contributed by atoms with Gasteiger partial charge in [0.15, 0.2) is 0 Å². The van der Waals surface area contributed by atoms with Crippen molar-refractivity contribution >= 4 is 22.6 Å². The van der Waals surface area contributed by atoms with Gasteiger partial charge in [0, 0.05) is 6.20 Å². The molecule has 62 valence electrons. The number of hydrogen-bond acceptors (Lipinski definition) is 2. The van der Waals surface area contributed by atoms with Gasteiger partial charge >= 0.3 is 0 Å². The van der Waals surface area contributed by atoms with Crippen LogP contribution in [0.3, 0.4) is 0 Å². The summed E-state index contributed by atoms with van der Waals surface area (Å²) in [6.07, 6.45) is 1.88. The van der Waals surface area contributed by atoms with Crippen LogP contribution < -0.4 is 0 Å². The van der Waals surface area contributed by atoms with Gasteiger partial charge in [-0.25, -0.2) is 9.97 Å². The minimum absolute atomic E-state index is 0.524. The van der Waals surface area contributed by atoms with Gasteiger partial charge in [-0.05, 0) is 19.4 Å². The van der Waals surface area contributed by atoms with Crippen LogP contribution in [0.4, 0.5) is 0 Å². The van der Waals surface area contributed by atoms with Gasteiger partial charge in [-0.1, -0.05) is 11.6 Å². The zero-order chi connectivity index (χ0) is 8.72. The van der Waals surface area contributed by atoms with Crippen molar-refractivity contribution in [2.24, 2.45) is 0 Å². The van der Waals surface area contributed by atoms with Gasteiger partial charge in [0.25, 0.3) is 0 Å². The average Bonchev–Trinajstić information content (AvgIpc) is 2.31. The molecule has 0 aliphatic heterocycles. The van der Waals surface area contributed by atoms with Crippen LogP contribution in [0.5, 0.6) is 0 Å². The molecular weight excluding hydrogens is 174 g/mol. The first-order chi connectivity index (χ1) is 5.68. The molecule has 0 saturated carbocycles. The van der Waals surface area contributed by atoms with E-state index >= 15 is 0 Å². The highest BCUT2D eigenvalue weighted by Gasteiger charge is 2.06. The van der Waals surface area contributed by atoms with E-state index in [1.54, 1.807) is 0 Å². The van der Waals surface area contributed by atoms with Gasteiger partial charge in [0.05, 0.1) is 5.39 Å². The Morgan fingerprint density at radius 3 is 2.83 bits per heavy atom. The van der Waals surface area contributed by atoms with Crippen LogP contribution in [0, 0.1) is 13.8 Å². The topological polar surface area (TPSA) is 41.6 Å². The summed E-state index contributed by atoms with van der Waals surface area (Å²) in [6.45, 7) is 3.80. The van der Waals surface area contributed by atoms with Gasteiger partial charge in [-0.15, -0.1) is 0 Å². The molecule has 0 fully saturated rings. The van der Waals surface area contributed by atoms with Crippen molar-refractivity contribution in [1.82, 2.24) is 15.0 Å². The number of nitrogens with zero attached hydrogens (tertiary/aromatic N) is 2. The first-order valence-electron chi connectivity index (χ1n) is 3.66. The highest BCUT2D eigenvalue weighted by Crippen LogP contribution is 2.22. The number of halogens is 1. The van der Waals surface area contributed by atoms with E-state index < -0.39 is 0 Å². The van der Waals surface area contributed by atoms with Crippen LogP contribution in [0.1, 0.15) is 11.4 Å². The highest BCUT2D eigenvalue weighted by atomic mass is 35.5. The summed E-state index contributed by atoms with van der Waals surface area (Å²) in [5.74, 6) is 0.689. The molecule has 2 heterocycles. The normalized spacial score (nSPS) is 10.9. The number of aromatic nitrogens is 3. The molecule has 12 heavy (non-hydrogen) atoms. The average molecular weight is 182 g/mol. The largest absolute Gasteiger partial charge is 0.346 e. The van der Waals surface area contributed by atoms with Crippen LogP contribution in [0.2, 0.25) is 5.15 Å². The lowest BCUT2D eigenvalue weighted by atomic mass is 10.3. The van der Waals surface area contributed by atoms with Gasteiger partial charge in [0.1, 0.15) is 16.6 Å². The zero-order valence-corrected chi connectivity index (χ0v) is 7.61. The Bertz CT molecular complexity index is 433. The highest BCUT2D eigenvalue weighted by molar-refractivity contribution is 6.34. The molecule has 0 aliphatic carbocycles. The second kappa shape index (κ2) is 2.45. The fourth-order valence-electron chi connectivity index (χ4n) is 1.24. The molecule has 0 unspecified atom stereocenters. The minimum Gasteiger partial charge on any atom is -0.346 e. The summed E-state index contributed by atoms with van der Waals surface area (Å²) in [4.78, 5) is 11.3. The van der Waals surface area contributed by atoms with E-state index in [9.17, 15) is 0 Å². The van der Waals surface area contributed by atoms with Crippen LogP contribution >= 0.6 is 11.6 Å². The molecule has 0 aliphatic rings. The molecular formula is C8H8ClN3. The molecule has 0 amide bonds. The van der Waals surface area contributed by atoms with E-state index in [2.05, 4.69) is 15.0 Å². The fraction of sp³-hybridized carbons (Fsp3) is 0.250. The predicted octanol–water partition coefficient (Wildman–Crippen LogP) is 2.23. The maximum atomic E-state index is 5.94. The standard InChI is InChI=1S/C8H8ClN3/c1-4-3-10-8-6(4)7(9)11-5(2)12-8/h3H,1-2H3,(H,10,11,12). The monoisotopic (exact) mass is 181 g/mol. The van der Waals surface area contributed by atoms with Gasteiger partial charge in [-0.3, -0.25) is 0 Å². The van der Waals surface area contributed by atoms with Crippen LogP contribution in [0.15, 0.2) is 6.20 Å². The Morgan fingerprint density at radius 1 is 1.33 bits per heavy atom. The molecule has 2 aromatic rings. The quantitative estimate of drug-likeness (QED) is 0.634. The van der Waals surface area contributed by atoms with Crippen molar-refractivity contribution in [1.29, 1.82) is 0 Å². The third-order valence-electron chi connectivity index (χ3n) is 1.80. The molecule has 0 spiro atoms. The lowest BCUT2D eigenvalue weighted by Gasteiger charge is -1.95. The number of aromatic amines is 1. The number of hydrogen-bond donors (Lipinski definition) is 1. The first kappa shape index (κ1) is 7.55. The molecule has 1 N–H and O–H groups in total. The molecule has 2 rings (SSSR count). The minimum atomic E-state index is 0.524. The van der Waals surface area contributed by atoms with E-state index in [0.29, 0.717) is 11.0 Å². The summed E-state index contributed by atoms with van der Waals surface area (Å²) in [7, 11) is 0. The van der Waals surface area contributed by atoms with Crippen molar-refractivity contribution in [3.05, 3.63) is 22.7 Å². The fourth-order valence-corrected chi connectivity index (χ4v) is 1.60. The Kier molecular flexibility index (Phi) is 1.54. The van der Waals surface area contributed by atoms with Gasteiger partial charge < -0.3 is 4.98 Å². The second-order valence-corrected chi connectivity index (χ2v) is 3.11. The maximum absolute atomic E-state index is 5.94. The molecule has 2 aromatic heterocycles. The molecule has 3 nitrogen and oxygen atoms in total. The number of rotatable bonds is 0. The van der Waals surface area contributed by atoms with E-state index in [1.807, 2.05) is 20.0 Å². The molecule has 0 atom stereocenters. The molecule has 0 bridgehead atoms. The number of nitrogens with one attached hydrogen (secondary N) is 1. The smallest absolute Gasteiger partial charge is 0.142 e. The van der Waals surface area contributed by atoms with Crippen LogP contribution in [-0.2, 0) is 0 Å². The van der Waals surface area contributed by atoms with Crippen molar-refractivity contribution in [3.63, 3.8) is 0 Å². The predicted molar refractivity (Wildman–Crippen MR) is 48.4 cm³/mol. The zero-order valence-electron chi connectivity index (χ0n) is 6.85. The summed E-state index contributed by atoms with van der Waals surface area (Å²) < 4.78 is 0. The molecule has 0 radical (unpaired) electrons. The first-order valence-corrected chi connectivity index (χ1v) is 4.04. The molecule has 0 saturated heterocycles. The SMILES string of the molecule is Cc1nc(Cl)c2c(C)c[nH]c2n1. The Hall–Kier alpha value is -1.09. The Labute approximate surface area is 74.8 Å². The van der Waals surface area contributed by atoms with E-state index in [0.717, 1.165) is 16.6 Å². The Balaban J connectivity index is 2.93. The number of fused-ring (bicyclic) bond motifs is 1. The van der Waals surface area contributed by atoms with Crippen molar-refractivity contribution in [2.75, 3.05) is 0 Å². The molecule has 4 heteroatoms. The van der Waals surface area contributed by atoms with Gasteiger partial charge in [-0.2, -0.15) is 0 Å². The number of aryl methyl sites for hydroxylation is 2. The Morgan fingerprint density at radius 2 is 2.08 bits per heavy atom. The summed E-state index contributed by atoms with van der Waals surface area (Å²) >= 11 is 5.94. The van der Waals surface area contributed by atoms with Crippen molar-refractivity contribution in [2.45, 2.75) is 13.8 Å². The van der Waals surface area contributed by atoms with E-state index in [1.165, 1.54) is 0 Å². The number of H-pyrrole nitrogens is 1. The van der Waals surface area contributed by atoms with Crippen LogP contribution in [-0.4, -0.2) is 15.0 Å². The summed E-state index contributed by atoms with van der Waals surface area (Å²) in [5.41, 5.74) is 1.89. The van der Waals surface area contributed by atoms with Crippen LogP contribution in [0.25, 0.3) is 11.0 Å². The van der Waals surface area contributed by atoms with Gasteiger partial charge in [0.2, 0.25) is 0 Å². The van der Waals surface area contributed by atoms with Crippen molar-refractivity contribution < 1.29 is 0 Å². The second-order valence-electron chi connectivity index (χ2n) is 2.76.